The molecule has 0 spiro atoms. The third-order valence-electron chi connectivity index (χ3n) is 4.83. The fourth-order valence-electron chi connectivity index (χ4n) is 2.53. The summed E-state index contributed by atoms with van der Waals surface area (Å²) in [5, 5.41) is 12.8. The van der Waals surface area contributed by atoms with E-state index in [2.05, 4.69) is 49.5 Å². The largest absolute Gasteiger partial charge is 0.374 e. The first kappa shape index (κ1) is 28.4. The van der Waals surface area contributed by atoms with Gasteiger partial charge in [0.1, 0.15) is 6.23 Å². The van der Waals surface area contributed by atoms with Gasteiger partial charge in [-0.05, 0) is 77.0 Å². The van der Waals surface area contributed by atoms with E-state index in [0.717, 1.165) is 30.5 Å². The second kappa shape index (κ2) is 15.2. The van der Waals surface area contributed by atoms with E-state index in [9.17, 15) is 13.5 Å². The number of allylic oxidation sites excluding steroid dienone is 9. The van der Waals surface area contributed by atoms with Crippen molar-refractivity contribution in [3.63, 3.8) is 0 Å². The van der Waals surface area contributed by atoms with Gasteiger partial charge < -0.3 is 10.4 Å². The minimum absolute atomic E-state index is 0.394. The van der Waals surface area contributed by atoms with Crippen molar-refractivity contribution >= 4 is 10.0 Å². The van der Waals surface area contributed by atoms with Gasteiger partial charge in [-0.2, -0.15) is 0 Å². The zero-order valence-electron chi connectivity index (χ0n) is 19.7. The molecule has 30 heavy (non-hydrogen) atoms. The highest BCUT2D eigenvalue weighted by molar-refractivity contribution is 7.90. The SMILES string of the molecule is C=CC(=C\C=C(/C)NC(O)CCCCNS(=O)(=O)C(C)C)/C(=C/C=C(/C)CC)CC. The van der Waals surface area contributed by atoms with E-state index in [1.165, 1.54) is 11.1 Å². The third-order valence-corrected chi connectivity index (χ3v) is 6.68. The molecule has 0 bridgehead atoms. The average molecular weight is 439 g/mol. The zero-order valence-corrected chi connectivity index (χ0v) is 20.5. The van der Waals surface area contributed by atoms with Crippen LogP contribution in [-0.2, 0) is 10.0 Å². The Kier molecular flexibility index (Phi) is 14.4. The Morgan fingerprint density at radius 3 is 2.23 bits per heavy atom. The Hall–Kier alpha value is -1.63. The lowest BCUT2D eigenvalue weighted by Crippen LogP contribution is -2.32. The van der Waals surface area contributed by atoms with E-state index in [1.54, 1.807) is 13.8 Å². The van der Waals surface area contributed by atoms with Crippen LogP contribution in [0.2, 0.25) is 0 Å². The molecule has 0 aromatic rings. The van der Waals surface area contributed by atoms with Crippen LogP contribution in [0, 0.1) is 0 Å². The van der Waals surface area contributed by atoms with Gasteiger partial charge in [-0.15, -0.1) is 0 Å². The second-order valence-corrected chi connectivity index (χ2v) is 10.1. The Labute approximate surface area is 184 Å². The van der Waals surface area contributed by atoms with E-state index < -0.39 is 21.5 Å². The van der Waals surface area contributed by atoms with Crippen molar-refractivity contribution in [1.29, 1.82) is 0 Å². The number of aliphatic hydroxyl groups is 1. The molecule has 0 aromatic carbocycles. The quantitative estimate of drug-likeness (QED) is 0.189. The lowest BCUT2D eigenvalue weighted by Gasteiger charge is -2.15. The summed E-state index contributed by atoms with van der Waals surface area (Å²) >= 11 is 0. The van der Waals surface area contributed by atoms with Crippen LogP contribution in [0.4, 0.5) is 0 Å². The predicted octanol–water partition coefficient (Wildman–Crippen LogP) is 5.10. The van der Waals surface area contributed by atoms with Crippen molar-refractivity contribution in [3.8, 4) is 0 Å². The standard InChI is InChI=1S/C24H42N2O3S/c1-8-20(6)14-16-22(9-2)23(10-3)17-15-21(7)26-24(27)13-11-12-18-25-30(28,29)19(4)5/h10,14-17,19,24-27H,3,8-9,11-13,18H2,1-2,4-7H3/b20-14-,21-15+,22-16+,23-17+. The van der Waals surface area contributed by atoms with Crippen LogP contribution in [0.15, 0.2) is 59.4 Å². The topological polar surface area (TPSA) is 78.4 Å². The molecule has 0 aliphatic heterocycles. The molecule has 0 aliphatic carbocycles. The second-order valence-electron chi connectivity index (χ2n) is 7.73. The van der Waals surface area contributed by atoms with Gasteiger partial charge in [-0.1, -0.05) is 50.3 Å². The van der Waals surface area contributed by atoms with Gasteiger partial charge in [0.2, 0.25) is 10.0 Å². The number of unbranched alkanes of at least 4 members (excludes halogenated alkanes) is 1. The Morgan fingerprint density at radius 1 is 1.03 bits per heavy atom. The van der Waals surface area contributed by atoms with E-state index in [-0.39, 0.29) is 0 Å². The van der Waals surface area contributed by atoms with E-state index in [4.69, 9.17) is 0 Å². The third kappa shape index (κ3) is 12.2. The molecule has 0 fully saturated rings. The van der Waals surface area contributed by atoms with Crippen LogP contribution in [-0.4, -0.2) is 31.5 Å². The van der Waals surface area contributed by atoms with Crippen molar-refractivity contribution in [3.05, 3.63) is 59.4 Å². The minimum Gasteiger partial charge on any atom is -0.374 e. The van der Waals surface area contributed by atoms with Gasteiger partial charge in [0, 0.05) is 12.2 Å². The van der Waals surface area contributed by atoms with Crippen LogP contribution in [0.25, 0.3) is 0 Å². The monoisotopic (exact) mass is 438 g/mol. The number of hydrogen-bond donors (Lipinski definition) is 3. The maximum Gasteiger partial charge on any atom is 0.213 e. The first-order valence-electron chi connectivity index (χ1n) is 10.9. The van der Waals surface area contributed by atoms with E-state index in [0.29, 0.717) is 19.4 Å². The van der Waals surface area contributed by atoms with Gasteiger partial charge >= 0.3 is 0 Å². The van der Waals surface area contributed by atoms with Crippen molar-refractivity contribution in [1.82, 2.24) is 10.0 Å². The minimum atomic E-state index is -3.22. The number of aliphatic hydroxyl groups excluding tert-OH is 1. The summed E-state index contributed by atoms with van der Waals surface area (Å²) in [6, 6.07) is 0. The lowest BCUT2D eigenvalue weighted by atomic mass is 10.0. The molecule has 6 heteroatoms. The summed E-state index contributed by atoms with van der Waals surface area (Å²) in [4.78, 5) is 0. The lowest BCUT2D eigenvalue weighted by molar-refractivity contribution is 0.136. The molecule has 1 unspecified atom stereocenters. The highest BCUT2D eigenvalue weighted by Crippen LogP contribution is 2.17. The average Bonchev–Trinajstić information content (AvgIpc) is 2.69. The highest BCUT2D eigenvalue weighted by Gasteiger charge is 2.14. The molecule has 0 heterocycles. The van der Waals surface area contributed by atoms with Crippen LogP contribution in [0.5, 0.6) is 0 Å². The zero-order chi connectivity index (χ0) is 23.2. The van der Waals surface area contributed by atoms with Gasteiger partial charge in [0.15, 0.2) is 0 Å². The maximum absolute atomic E-state index is 11.7. The first-order valence-corrected chi connectivity index (χ1v) is 12.4. The Morgan fingerprint density at radius 2 is 1.70 bits per heavy atom. The van der Waals surface area contributed by atoms with Crippen molar-refractivity contribution < 1.29 is 13.5 Å². The van der Waals surface area contributed by atoms with Gasteiger partial charge in [0.05, 0.1) is 5.25 Å². The maximum atomic E-state index is 11.7. The van der Waals surface area contributed by atoms with Gasteiger partial charge in [-0.3, -0.25) is 0 Å². The van der Waals surface area contributed by atoms with E-state index in [1.807, 2.05) is 25.2 Å². The molecule has 0 saturated heterocycles. The van der Waals surface area contributed by atoms with E-state index >= 15 is 0 Å². The smallest absolute Gasteiger partial charge is 0.213 e. The van der Waals surface area contributed by atoms with Crippen molar-refractivity contribution in [2.24, 2.45) is 0 Å². The van der Waals surface area contributed by atoms with Crippen molar-refractivity contribution in [2.45, 2.75) is 85.1 Å². The molecule has 0 aromatic heterocycles. The molecule has 172 valence electrons. The Balaban J connectivity index is 4.68. The summed E-state index contributed by atoms with van der Waals surface area (Å²) in [7, 11) is -3.22. The summed E-state index contributed by atoms with van der Waals surface area (Å²) in [6.45, 7) is 15.9. The molecule has 0 aliphatic rings. The molecule has 0 radical (unpaired) electrons. The molecule has 1 atom stereocenters. The fraction of sp³-hybridized carbons (Fsp3) is 0.583. The number of nitrogens with one attached hydrogen (secondary N) is 2. The van der Waals surface area contributed by atoms with Crippen LogP contribution >= 0.6 is 0 Å². The summed E-state index contributed by atoms with van der Waals surface area (Å²) in [5.41, 5.74) is 4.47. The van der Waals surface area contributed by atoms with Crippen molar-refractivity contribution in [2.75, 3.05) is 6.54 Å². The Bertz CT molecular complexity index is 744. The van der Waals surface area contributed by atoms with Gasteiger partial charge in [-0.25, -0.2) is 13.1 Å². The first-order chi connectivity index (χ1) is 14.1. The molecular weight excluding hydrogens is 396 g/mol. The summed E-state index contributed by atoms with van der Waals surface area (Å²) in [5.74, 6) is 0. The normalized spacial score (nSPS) is 15.5. The fourth-order valence-corrected chi connectivity index (χ4v) is 3.29. The van der Waals surface area contributed by atoms with Crippen LogP contribution in [0.3, 0.4) is 0 Å². The number of sulfonamides is 1. The van der Waals surface area contributed by atoms with Gasteiger partial charge in [0.25, 0.3) is 0 Å². The molecular formula is C24H42N2O3S. The number of rotatable bonds is 15. The summed E-state index contributed by atoms with van der Waals surface area (Å²) < 4.78 is 25.9. The van der Waals surface area contributed by atoms with Crippen LogP contribution in [0.1, 0.15) is 73.6 Å². The molecule has 3 N–H and O–H groups in total. The molecule has 0 saturated carbocycles. The molecule has 0 amide bonds. The van der Waals surface area contributed by atoms with Crippen LogP contribution < -0.4 is 10.0 Å². The molecule has 0 rings (SSSR count). The predicted molar refractivity (Wildman–Crippen MR) is 130 cm³/mol. The molecule has 5 nitrogen and oxygen atoms in total. The number of hydrogen-bond acceptors (Lipinski definition) is 4. The summed E-state index contributed by atoms with van der Waals surface area (Å²) in [6.07, 6.45) is 13.3. The highest BCUT2D eigenvalue weighted by atomic mass is 32.2.